The van der Waals surface area contributed by atoms with Gasteiger partial charge in [-0.25, -0.2) is 0 Å². The molecule has 1 aliphatic rings. The normalized spacial score (nSPS) is 14.8. The van der Waals surface area contributed by atoms with E-state index < -0.39 is 0 Å². The molecule has 0 atom stereocenters. The Balaban J connectivity index is 2.13. The average Bonchev–Trinajstić information content (AvgIpc) is 2.80. The highest BCUT2D eigenvalue weighted by Crippen LogP contribution is 2.57. The van der Waals surface area contributed by atoms with Crippen LogP contribution in [0, 0.1) is 0 Å². The smallest absolute Gasteiger partial charge is 0.0668 e. The Morgan fingerprint density at radius 2 is 1.38 bits per heavy atom. The van der Waals surface area contributed by atoms with Crippen molar-refractivity contribution in [1.82, 2.24) is 0 Å². The summed E-state index contributed by atoms with van der Waals surface area (Å²) in [4.78, 5) is 0. The standard InChI is InChI=1S/C20H24S/c1-3-5-15-21-20(14-4-2)18-12-8-6-10-16(18)17-11-7-9-13-19(17)20/h6-13H,3-5,14-15H2,1-2H3. The van der Waals surface area contributed by atoms with Gasteiger partial charge < -0.3 is 0 Å². The maximum Gasteiger partial charge on any atom is 0.0668 e. The van der Waals surface area contributed by atoms with Gasteiger partial charge in [0.2, 0.25) is 0 Å². The predicted octanol–water partition coefficient (Wildman–Crippen LogP) is 6.24. The van der Waals surface area contributed by atoms with Crippen LogP contribution in [-0.4, -0.2) is 5.75 Å². The van der Waals surface area contributed by atoms with Crippen molar-refractivity contribution >= 4 is 11.8 Å². The van der Waals surface area contributed by atoms with Crippen molar-refractivity contribution in [3.8, 4) is 11.1 Å². The molecular formula is C20H24S. The van der Waals surface area contributed by atoms with E-state index in [0.717, 1.165) is 0 Å². The number of hydrogen-bond donors (Lipinski definition) is 0. The summed E-state index contributed by atoms with van der Waals surface area (Å²) in [5, 5.41) is 0. The highest BCUT2D eigenvalue weighted by molar-refractivity contribution is 8.00. The molecule has 1 aliphatic carbocycles. The van der Waals surface area contributed by atoms with Gasteiger partial charge in [0.15, 0.2) is 0 Å². The van der Waals surface area contributed by atoms with Gasteiger partial charge in [0.1, 0.15) is 0 Å². The molecule has 3 rings (SSSR count). The number of unbranched alkanes of at least 4 members (excludes halogenated alkanes) is 1. The topological polar surface area (TPSA) is 0 Å². The molecule has 2 aromatic carbocycles. The lowest BCUT2D eigenvalue weighted by Crippen LogP contribution is -2.21. The van der Waals surface area contributed by atoms with Crippen LogP contribution < -0.4 is 0 Å². The second kappa shape index (κ2) is 6.27. The minimum atomic E-state index is 0.178. The first kappa shape index (κ1) is 14.7. The van der Waals surface area contributed by atoms with Crippen LogP contribution in [0.2, 0.25) is 0 Å². The third-order valence-corrected chi connectivity index (χ3v) is 6.09. The molecule has 1 heteroatoms. The molecule has 0 bridgehead atoms. The highest BCUT2D eigenvalue weighted by atomic mass is 32.2. The second-order valence-corrected chi connectivity index (χ2v) is 7.26. The Bertz CT molecular complexity index is 569. The Hall–Kier alpha value is -1.21. The van der Waals surface area contributed by atoms with Crippen LogP contribution in [0.5, 0.6) is 0 Å². The van der Waals surface area contributed by atoms with Crippen molar-refractivity contribution in [2.75, 3.05) is 5.75 Å². The van der Waals surface area contributed by atoms with E-state index in [2.05, 4.69) is 74.1 Å². The first-order valence-electron chi connectivity index (χ1n) is 8.17. The summed E-state index contributed by atoms with van der Waals surface area (Å²) in [6.07, 6.45) is 5.04. The lowest BCUT2D eigenvalue weighted by atomic mass is 9.91. The number of thioether (sulfide) groups is 1. The van der Waals surface area contributed by atoms with Gasteiger partial charge in [-0.1, -0.05) is 75.2 Å². The van der Waals surface area contributed by atoms with E-state index in [4.69, 9.17) is 0 Å². The van der Waals surface area contributed by atoms with Crippen LogP contribution in [0.3, 0.4) is 0 Å². The van der Waals surface area contributed by atoms with Gasteiger partial charge in [-0.05, 0) is 40.8 Å². The van der Waals surface area contributed by atoms with Crippen LogP contribution in [0.4, 0.5) is 0 Å². The van der Waals surface area contributed by atoms with E-state index in [1.54, 1.807) is 0 Å². The first-order chi connectivity index (χ1) is 10.3. The van der Waals surface area contributed by atoms with Crippen molar-refractivity contribution in [3.05, 3.63) is 59.7 Å². The Kier molecular flexibility index (Phi) is 4.40. The van der Waals surface area contributed by atoms with E-state index in [0.29, 0.717) is 0 Å². The van der Waals surface area contributed by atoms with Crippen molar-refractivity contribution < 1.29 is 0 Å². The van der Waals surface area contributed by atoms with Gasteiger partial charge in [-0.2, -0.15) is 0 Å². The zero-order valence-corrected chi connectivity index (χ0v) is 13.9. The molecule has 0 aliphatic heterocycles. The van der Waals surface area contributed by atoms with E-state index in [9.17, 15) is 0 Å². The van der Waals surface area contributed by atoms with E-state index in [-0.39, 0.29) is 4.75 Å². The molecule has 0 unspecified atom stereocenters. The molecule has 0 aromatic heterocycles. The Morgan fingerprint density at radius 3 is 1.90 bits per heavy atom. The van der Waals surface area contributed by atoms with Crippen LogP contribution in [0.15, 0.2) is 48.5 Å². The summed E-state index contributed by atoms with van der Waals surface area (Å²) in [7, 11) is 0. The van der Waals surface area contributed by atoms with Crippen LogP contribution in [0.1, 0.15) is 50.7 Å². The average molecular weight is 296 g/mol. The highest BCUT2D eigenvalue weighted by Gasteiger charge is 2.42. The van der Waals surface area contributed by atoms with Crippen LogP contribution in [-0.2, 0) is 4.75 Å². The second-order valence-electron chi connectivity index (χ2n) is 5.87. The molecule has 0 saturated heterocycles. The third-order valence-electron chi connectivity index (χ3n) is 4.46. The molecule has 0 fully saturated rings. The summed E-state index contributed by atoms with van der Waals surface area (Å²) in [5.74, 6) is 1.25. The molecule has 110 valence electrons. The fraction of sp³-hybridized carbons (Fsp3) is 0.400. The van der Waals surface area contributed by atoms with E-state index in [1.165, 1.54) is 53.7 Å². The number of benzene rings is 2. The van der Waals surface area contributed by atoms with Crippen molar-refractivity contribution in [2.24, 2.45) is 0 Å². The fourth-order valence-corrected chi connectivity index (χ4v) is 5.32. The summed E-state index contributed by atoms with van der Waals surface area (Å²) in [6, 6.07) is 18.1. The van der Waals surface area contributed by atoms with Gasteiger partial charge in [0.25, 0.3) is 0 Å². The maximum atomic E-state index is 2.35. The number of rotatable bonds is 6. The molecule has 0 amide bonds. The van der Waals surface area contributed by atoms with Crippen molar-refractivity contribution in [2.45, 2.75) is 44.3 Å². The van der Waals surface area contributed by atoms with Gasteiger partial charge in [0.05, 0.1) is 4.75 Å². The van der Waals surface area contributed by atoms with Crippen molar-refractivity contribution in [1.29, 1.82) is 0 Å². The Labute approximate surface area is 133 Å². The van der Waals surface area contributed by atoms with Gasteiger partial charge in [-0.15, -0.1) is 11.8 Å². The van der Waals surface area contributed by atoms with Gasteiger partial charge >= 0.3 is 0 Å². The maximum absolute atomic E-state index is 2.35. The minimum absolute atomic E-state index is 0.178. The SMILES string of the molecule is CCCCSC1(CCC)c2ccccc2-c2ccccc21. The first-order valence-corrected chi connectivity index (χ1v) is 9.15. The zero-order chi connectivity index (χ0) is 14.7. The molecular weight excluding hydrogens is 272 g/mol. The predicted molar refractivity (Wildman–Crippen MR) is 94.9 cm³/mol. The van der Waals surface area contributed by atoms with Gasteiger partial charge in [-0.3, -0.25) is 0 Å². The number of fused-ring (bicyclic) bond motifs is 3. The van der Waals surface area contributed by atoms with E-state index in [1.807, 2.05) is 0 Å². The summed E-state index contributed by atoms with van der Waals surface area (Å²) in [5.41, 5.74) is 5.97. The zero-order valence-electron chi connectivity index (χ0n) is 13.1. The molecule has 2 aromatic rings. The van der Waals surface area contributed by atoms with Crippen LogP contribution in [0.25, 0.3) is 11.1 Å². The van der Waals surface area contributed by atoms with Crippen LogP contribution >= 0.6 is 11.8 Å². The third kappa shape index (κ3) is 2.42. The minimum Gasteiger partial charge on any atom is -0.145 e. The molecule has 0 saturated carbocycles. The summed E-state index contributed by atoms with van der Waals surface area (Å²) in [6.45, 7) is 4.59. The summed E-state index contributed by atoms with van der Waals surface area (Å²) >= 11 is 2.17. The molecule has 0 radical (unpaired) electrons. The quantitative estimate of drug-likeness (QED) is 0.568. The Morgan fingerprint density at radius 1 is 0.810 bits per heavy atom. The summed E-state index contributed by atoms with van der Waals surface area (Å²) < 4.78 is 0.178. The lowest BCUT2D eigenvalue weighted by Gasteiger charge is -2.31. The van der Waals surface area contributed by atoms with Crippen molar-refractivity contribution in [3.63, 3.8) is 0 Å². The van der Waals surface area contributed by atoms with Gasteiger partial charge in [0, 0.05) is 0 Å². The molecule has 0 spiro atoms. The fourth-order valence-electron chi connectivity index (χ4n) is 3.53. The molecule has 0 N–H and O–H groups in total. The molecule has 21 heavy (non-hydrogen) atoms. The molecule has 0 nitrogen and oxygen atoms in total. The molecule has 0 heterocycles. The number of hydrogen-bond acceptors (Lipinski definition) is 1. The largest absolute Gasteiger partial charge is 0.145 e. The monoisotopic (exact) mass is 296 g/mol. The van der Waals surface area contributed by atoms with E-state index >= 15 is 0 Å². The lowest BCUT2D eigenvalue weighted by molar-refractivity contribution is 0.657.